The highest BCUT2D eigenvalue weighted by atomic mass is 32.2. The molecule has 168 valence electrons. The van der Waals surface area contributed by atoms with Crippen LogP contribution >= 0.6 is 23.1 Å². The number of anilines is 1. The van der Waals surface area contributed by atoms with Gasteiger partial charge in [-0.05, 0) is 51.0 Å². The molecule has 0 saturated carbocycles. The van der Waals surface area contributed by atoms with Gasteiger partial charge in [0.25, 0.3) is 11.5 Å². The predicted octanol–water partition coefficient (Wildman–Crippen LogP) is 4.57. The molecule has 1 amide bonds. The number of ketones is 1. The number of benzene rings is 1. The third-order valence-electron chi connectivity index (χ3n) is 5.54. The summed E-state index contributed by atoms with van der Waals surface area (Å²) in [6.07, 6.45) is 1.81. The highest BCUT2D eigenvalue weighted by molar-refractivity contribution is 8.00. The molecule has 0 saturated heterocycles. The van der Waals surface area contributed by atoms with Crippen LogP contribution in [0.15, 0.2) is 28.2 Å². The lowest BCUT2D eigenvalue weighted by atomic mass is 10.1. The number of carbonyl (C=O) groups is 2. The Morgan fingerprint density at radius 1 is 1.34 bits per heavy atom. The number of Topliss-reactive ketones (excluding diaryl/α,β-unsaturated/α-hetero) is 1. The number of ether oxygens (including phenoxy) is 1. The molecule has 3 heterocycles. The molecule has 1 atom stereocenters. The van der Waals surface area contributed by atoms with Gasteiger partial charge < -0.3 is 10.1 Å². The summed E-state index contributed by atoms with van der Waals surface area (Å²) in [4.78, 5) is 44.6. The summed E-state index contributed by atoms with van der Waals surface area (Å²) >= 11 is 2.81. The maximum Gasteiger partial charge on any atom is 0.263 e. The number of hydrogen-bond acceptors (Lipinski definition) is 7. The summed E-state index contributed by atoms with van der Waals surface area (Å²) in [6.45, 7) is 8.38. The highest BCUT2D eigenvalue weighted by Gasteiger charge is 2.24. The number of aryl methyl sites for hydroxylation is 2. The number of rotatable bonds is 7. The average Bonchev–Trinajstić information content (AvgIpc) is 3.05. The molecule has 4 rings (SSSR count). The first-order chi connectivity index (χ1) is 15.3. The number of nitrogens with one attached hydrogen (secondary N) is 1. The van der Waals surface area contributed by atoms with Crippen molar-refractivity contribution < 1.29 is 14.3 Å². The number of hydrogen-bond donors (Lipinski definition) is 1. The molecule has 0 aliphatic carbocycles. The van der Waals surface area contributed by atoms with Gasteiger partial charge in [0.1, 0.15) is 10.6 Å². The molecule has 0 radical (unpaired) electrons. The van der Waals surface area contributed by atoms with E-state index in [4.69, 9.17) is 9.72 Å². The molecule has 1 unspecified atom stereocenters. The first kappa shape index (κ1) is 22.5. The summed E-state index contributed by atoms with van der Waals surface area (Å²) in [5.74, 6) is 0.196. The fourth-order valence-electron chi connectivity index (χ4n) is 3.59. The SMILES string of the molecule is CCCCn1c(SC(C)C(=O)c2ccc3c(c2)NC(=O)CO3)nc2sc(C)c(C)c2c1=O. The van der Waals surface area contributed by atoms with Crippen LogP contribution in [0, 0.1) is 13.8 Å². The number of thioether (sulfide) groups is 1. The van der Waals surface area contributed by atoms with E-state index in [0.29, 0.717) is 38.9 Å². The lowest BCUT2D eigenvalue weighted by molar-refractivity contribution is -0.118. The van der Waals surface area contributed by atoms with E-state index in [1.807, 2.05) is 20.8 Å². The number of fused-ring (bicyclic) bond motifs is 2. The normalized spacial score (nSPS) is 14.1. The van der Waals surface area contributed by atoms with Crippen molar-refractivity contribution in [3.8, 4) is 5.75 Å². The van der Waals surface area contributed by atoms with Gasteiger partial charge in [-0.15, -0.1) is 11.3 Å². The lowest BCUT2D eigenvalue weighted by Gasteiger charge is -2.19. The second kappa shape index (κ2) is 9.07. The van der Waals surface area contributed by atoms with E-state index >= 15 is 0 Å². The summed E-state index contributed by atoms with van der Waals surface area (Å²) in [5, 5.41) is 3.51. The molecular weight excluding hydrogens is 446 g/mol. The van der Waals surface area contributed by atoms with Crippen molar-refractivity contribution in [2.75, 3.05) is 11.9 Å². The largest absolute Gasteiger partial charge is 0.482 e. The van der Waals surface area contributed by atoms with Gasteiger partial charge in [0, 0.05) is 17.0 Å². The van der Waals surface area contributed by atoms with Gasteiger partial charge in [0.15, 0.2) is 17.5 Å². The van der Waals surface area contributed by atoms with Gasteiger partial charge in [0.05, 0.1) is 16.3 Å². The Hall–Kier alpha value is -2.65. The van der Waals surface area contributed by atoms with Crippen LogP contribution in [-0.4, -0.2) is 33.1 Å². The Kier molecular flexibility index (Phi) is 6.39. The molecule has 3 aromatic rings. The maximum atomic E-state index is 13.3. The Labute approximate surface area is 194 Å². The minimum atomic E-state index is -0.465. The minimum absolute atomic E-state index is 0.0301. The third kappa shape index (κ3) is 4.19. The molecule has 1 aromatic carbocycles. The van der Waals surface area contributed by atoms with Crippen LogP contribution < -0.4 is 15.6 Å². The average molecular weight is 472 g/mol. The van der Waals surface area contributed by atoms with Crippen LogP contribution in [0.4, 0.5) is 5.69 Å². The smallest absolute Gasteiger partial charge is 0.263 e. The van der Waals surface area contributed by atoms with Crippen molar-refractivity contribution >= 4 is 50.7 Å². The van der Waals surface area contributed by atoms with E-state index in [1.165, 1.54) is 23.1 Å². The van der Waals surface area contributed by atoms with Crippen LogP contribution in [-0.2, 0) is 11.3 Å². The predicted molar refractivity (Wildman–Crippen MR) is 128 cm³/mol. The second-order valence-corrected chi connectivity index (χ2v) is 10.4. The van der Waals surface area contributed by atoms with Gasteiger partial charge in [-0.3, -0.25) is 19.0 Å². The van der Waals surface area contributed by atoms with Gasteiger partial charge in [-0.1, -0.05) is 25.1 Å². The van der Waals surface area contributed by atoms with Crippen molar-refractivity contribution in [2.45, 2.75) is 57.5 Å². The molecular formula is C23H25N3O4S2. The van der Waals surface area contributed by atoms with Crippen molar-refractivity contribution in [3.63, 3.8) is 0 Å². The first-order valence-corrected chi connectivity index (χ1v) is 12.3. The van der Waals surface area contributed by atoms with Gasteiger partial charge in [-0.2, -0.15) is 0 Å². The topological polar surface area (TPSA) is 90.3 Å². The zero-order chi connectivity index (χ0) is 23.0. The van der Waals surface area contributed by atoms with Crippen molar-refractivity contribution in [3.05, 3.63) is 44.6 Å². The molecule has 0 spiro atoms. The summed E-state index contributed by atoms with van der Waals surface area (Å²) in [6, 6.07) is 5.03. The van der Waals surface area contributed by atoms with Crippen LogP contribution in [0.2, 0.25) is 0 Å². The highest BCUT2D eigenvalue weighted by Crippen LogP contribution is 2.33. The van der Waals surface area contributed by atoms with Gasteiger partial charge in [0.2, 0.25) is 0 Å². The molecule has 32 heavy (non-hydrogen) atoms. The molecule has 1 N–H and O–H groups in total. The maximum absolute atomic E-state index is 13.3. The number of amides is 1. The summed E-state index contributed by atoms with van der Waals surface area (Å²) in [7, 11) is 0. The molecule has 9 heteroatoms. The van der Waals surface area contributed by atoms with E-state index in [1.54, 1.807) is 22.8 Å². The van der Waals surface area contributed by atoms with Gasteiger partial charge in [-0.25, -0.2) is 4.98 Å². The Bertz CT molecular complexity index is 1280. The van der Waals surface area contributed by atoms with E-state index in [2.05, 4.69) is 12.2 Å². The first-order valence-electron chi connectivity index (χ1n) is 10.6. The van der Waals surface area contributed by atoms with Gasteiger partial charge >= 0.3 is 0 Å². The Balaban J connectivity index is 1.66. The van der Waals surface area contributed by atoms with E-state index in [-0.39, 0.29) is 23.9 Å². The molecule has 7 nitrogen and oxygen atoms in total. The summed E-state index contributed by atoms with van der Waals surface area (Å²) < 4.78 is 7.08. The molecule has 0 fully saturated rings. The Morgan fingerprint density at radius 3 is 2.88 bits per heavy atom. The molecule has 1 aliphatic heterocycles. The van der Waals surface area contributed by atoms with E-state index in [0.717, 1.165) is 23.3 Å². The zero-order valence-corrected chi connectivity index (χ0v) is 20.1. The number of unbranched alkanes of at least 4 members (excludes halogenated alkanes) is 1. The molecule has 0 bridgehead atoms. The van der Waals surface area contributed by atoms with Crippen LogP contribution in [0.3, 0.4) is 0 Å². The monoisotopic (exact) mass is 471 g/mol. The Morgan fingerprint density at radius 2 is 2.12 bits per heavy atom. The van der Waals surface area contributed by atoms with E-state index < -0.39 is 5.25 Å². The zero-order valence-electron chi connectivity index (χ0n) is 18.5. The number of carbonyl (C=O) groups excluding carboxylic acids is 2. The fraction of sp³-hybridized carbons (Fsp3) is 0.391. The van der Waals surface area contributed by atoms with Crippen molar-refractivity contribution in [1.29, 1.82) is 0 Å². The molecule has 1 aliphatic rings. The van der Waals surface area contributed by atoms with Crippen LogP contribution in [0.5, 0.6) is 5.75 Å². The lowest BCUT2D eigenvalue weighted by Crippen LogP contribution is -2.26. The second-order valence-electron chi connectivity index (χ2n) is 7.84. The number of aromatic nitrogens is 2. The fourth-order valence-corrected chi connectivity index (χ4v) is 5.68. The van der Waals surface area contributed by atoms with Crippen molar-refractivity contribution in [1.82, 2.24) is 9.55 Å². The summed E-state index contributed by atoms with van der Waals surface area (Å²) in [5.41, 5.74) is 1.90. The number of thiophene rings is 1. The van der Waals surface area contributed by atoms with Crippen LogP contribution in [0.25, 0.3) is 10.2 Å². The minimum Gasteiger partial charge on any atom is -0.482 e. The molecule has 2 aromatic heterocycles. The van der Waals surface area contributed by atoms with Crippen LogP contribution in [0.1, 0.15) is 47.5 Å². The third-order valence-corrected chi connectivity index (χ3v) is 7.73. The standard InChI is InChI=1S/C23H25N3O4S2/c1-5-6-9-26-22(29)19-12(2)13(3)31-21(19)25-23(26)32-14(4)20(28)15-7-8-17-16(10-15)24-18(27)11-30-17/h7-8,10,14H,5-6,9,11H2,1-4H3,(H,24,27). The number of nitrogens with zero attached hydrogens (tertiary/aromatic N) is 2. The van der Waals surface area contributed by atoms with E-state index in [9.17, 15) is 14.4 Å². The van der Waals surface area contributed by atoms with Crippen molar-refractivity contribution in [2.24, 2.45) is 0 Å². The quantitative estimate of drug-likeness (QED) is 0.308.